The smallest absolute Gasteiger partial charge is 0.282 e. The van der Waals surface area contributed by atoms with Gasteiger partial charge in [0.25, 0.3) is 5.91 Å². The Labute approximate surface area is 163 Å². The summed E-state index contributed by atoms with van der Waals surface area (Å²) in [5, 5.41) is 3.35. The highest BCUT2D eigenvalue weighted by atomic mass is 16.2. The first-order valence-corrected chi connectivity index (χ1v) is 11.2. The molecule has 5 aliphatic rings. The lowest BCUT2D eigenvalue weighted by molar-refractivity contribution is -0.961. The molecule has 2 atom stereocenters. The molecule has 3 heteroatoms. The number of carbonyl (C=O) groups is 1. The van der Waals surface area contributed by atoms with Gasteiger partial charge in [-0.2, -0.15) is 0 Å². The Morgan fingerprint density at radius 3 is 2.11 bits per heavy atom. The van der Waals surface area contributed by atoms with Crippen LogP contribution < -0.4 is 10.2 Å². The minimum absolute atomic E-state index is 0.154. The summed E-state index contributed by atoms with van der Waals surface area (Å²) < 4.78 is 0. The van der Waals surface area contributed by atoms with Gasteiger partial charge in [-0.25, -0.2) is 0 Å². The fraction of sp³-hybridized carbons (Fsp3) is 0.708. The molecular weight excluding hydrogens is 332 g/mol. The Morgan fingerprint density at radius 1 is 1.00 bits per heavy atom. The third-order valence-corrected chi connectivity index (χ3v) is 8.32. The normalized spacial score (nSPS) is 39.7. The maximum atomic E-state index is 13.4. The van der Waals surface area contributed by atoms with Gasteiger partial charge < -0.3 is 10.2 Å². The van der Waals surface area contributed by atoms with Crippen molar-refractivity contribution in [1.82, 2.24) is 0 Å². The molecule has 2 N–H and O–H groups in total. The van der Waals surface area contributed by atoms with Crippen LogP contribution >= 0.6 is 0 Å². The van der Waals surface area contributed by atoms with Crippen LogP contribution in [0.5, 0.6) is 0 Å². The Hall–Kier alpha value is -1.35. The molecule has 146 valence electrons. The number of nitrogens with one attached hydrogen (secondary N) is 2. The second kappa shape index (κ2) is 6.34. The van der Waals surface area contributed by atoms with Crippen LogP contribution in [0.3, 0.4) is 0 Å². The van der Waals surface area contributed by atoms with Gasteiger partial charge in [-0.3, -0.25) is 4.79 Å². The van der Waals surface area contributed by atoms with Gasteiger partial charge in [0.05, 0.1) is 12.1 Å². The minimum Gasteiger partial charge on any atom is -0.320 e. The van der Waals surface area contributed by atoms with E-state index in [1.165, 1.54) is 68.2 Å². The zero-order valence-electron chi connectivity index (χ0n) is 17.2. The summed E-state index contributed by atoms with van der Waals surface area (Å²) in [6, 6.07) is 4.52. The summed E-state index contributed by atoms with van der Waals surface area (Å²) in [6.45, 7) is 7.57. The van der Waals surface area contributed by atoms with Gasteiger partial charge in [0, 0.05) is 37.8 Å². The number of hydrogen-bond donors (Lipinski definition) is 2. The first-order valence-electron chi connectivity index (χ1n) is 11.2. The number of carbonyl (C=O) groups excluding carboxylic acids is 1. The molecule has 4 aliphatic carbocycles. The Kier molecular flexibility index (Phi) is 4.16. The van der Waals surface area contributed by atoms with E-state index in [1.54, 1.807) is 4.90 Å². The highest BCUT2D eigenvalue weighted by molar-refractivity contribution is 5.95. The highest BCUT2D eigenvalue weighted by Gasteiger charge is 2.59. The van der Waals surface area contributed by atoms with E-state index in [4.69, 9.17) is 0 Å². The zero-order chi connectivity index (χ0) is 18.8. The third kappa shape index (κ3) is 2.93. The molecule has 0 radical (unpaired) electrons. The molecule has 4 saturated carbocycles. The van der Waals surface area contributed by atoms with E-state index in [2.05, 4.69) is 38.2 Å². The van der Waals surface area contributed by atoms with Crippen molar-refractivity contribution in [3.8, 4) is 0 Å². The molecule has 1 aliphatic heterocycles. The summed E-state index contributed by atoms with van der Waals surface area (Å²) in [5.74, 6) is 3.13. The SMILES string of the molecule is Cc1cc(C)c(NC(=O)[C@@H]2CCC[NH+]2C23CC4CC(CC(C4)C2)C3)c(C)c1. The first-order chi connectivity index (χ1) is 12.9. The van der Waals surface area contributed by atoms with E-state index in [0.717, 1.165) is 29.9 Å². The molecule has 0 spiro atoms. The van der Waals surface area contributed by atoms with Crippen molar-refractivity contribution in [3.05, 3.63) is 28.8 Å². The predicted octanol–water partition coefficient (Wildman–Crippen LogP) is 3.57. The molecule has 1 unspecified atom stereocenters. The molecule has 27 heavy (non-hydrogen) atoms. The maximum Gasteiger partial charge on any atom is 0.282 e. The van der Waals surface area contributed by atoms with Gasteiger partial charge in [-0.15, -0.1) is 0 Å². The molecule has 6 rings (SSSR count). The van der Waals surface area contributed by atoms with Crippen molar-refractivity contribution in [2.75, 3.05) is 11.9 Å². The molecular formula is C24H35N2O+. The van der Waals surface area contributed by atoms with Crippen molar-refractivity contribution in [2.24, 2.45) is 17.8 Å². The number of amides is 1. The van der Waals surface area contributed by atoms with Crippen LogP contribution in [0, 0.1) is 38.5 Å². The van der Waals surface area contributed by atoms with Gasteiger partial charge in [0.15, 0.2) is 6.04 Å². The quantitative estimate of drug-likeness (QED) is 0.841. The van der Waals surface area contributed by atoms with Crippen LogP contribution in [-0.2, 0) is 4.79 Å². The standard InChI is InChI=1S/C24H34N2O/c1-15-7-16(2)22(17(3)8-15)25-23(27)21-5-4-6-26(21)24-12-18-9-19(13-24)11-20(10-18)14-24/h7-8,18-21H,4-6,9-14H2,1-3H3,(H,25,27)/p+1/t18?,19?,20?,21-,24?/m0/s1. The summed E-state index contributed by atoms with van der Waals surface area (Å²) in [4.78, 5) is 15.0. The fourth-order valence-corrected chi connectivity index (χ4v) is 7.86. The number of quaternary nitrogens is 1. The molecule has 1 saturated heterocycles. The predicted molar refractivity (Wildman–Crippen MR) is 109 cm³/mol. The van der Waals surface area contributed by atoms with Crippen molar-refractivity contribution in [1.29, 1.82) is 0 Å². The zero-order valence-corrected chi connectivity index (χ0v) is 17.2. The lowest BCUT2D eigenvalue weighted by Crippen LogP contribution is -3.23. The largest absolute Gasteiger partial charge is 0.320 e. The minimum atomic E-state index is 0.154. The Balaban J connectivity index is 1.38. The maximum absolute atomic E-state index is 13.4. The second-order valence-corrected chi connectivity index (χ2v) is 10.4. The van der Waals surface area contributed by atoms with E-state index in [9.17, 15) is 4.79 Å². The number of hydrogen-bond acceptors (Lipinski definition) is 1. The van der Waals surface area contributed by atoms with Crippen molar-refractivity contribution in [2.45, 2.75) is 83.7 Å². The molecule has 5 fully saturated rings. The fourth-order valence-electron chi connectivity index (χ4n) is 7.86. The van der Waals surface area contributed by atoms with Gasteiger partial charge in [0.2, 0.25) is 0 Å². The van der Waals surface area contributed by atoms with E-state index >= 15 is 0 Å². The number of anilines is 1. The molecule has 4 bridgehead atoms. The average molecular weight is 368 g/mol. The van der Waals surface area contributed by atoms with Crippen molar-refractivity contribution >= 4 is 11.6 Å². The van der Waals surface area contributed by atoms with Crippen LogP contribution in [0.1, 0.15) is 68.1 Å². The highest BCUT2D eigenvalue weighted by Crippen LogP contribution is 2.54. The lowest BCUT2D eigenvalue weighted by atomic mass is 9.52. The lowest BCUT2D eigenvalue weighted by Gasteiger charge is -2.58. The van der Waals surface area contributed by atoms with Gasteiger partial charge in [-0.05, 0) is 68.9 Å². The van der Waals surface area contributed by atoms with Crippen molar-refractivity contribution in [3.63, 3.8) is 0 Å². The molecule has 3 nitrogen and oxygen atoms in total. The molecule has 1 heterocycles. The van der Waals surface area contributed by atoms with Gasteiger partial charge in [0.1, 0.15) is 0 Å². The van der Waals surface area contributed by atoms with Gasteiger partial charge in [-0.1, -0.05) is 17.7 Å². The summed E-state index contributed by atoms with van der Waals surface area (Å²) in [7, 11) is 0. The topological polar surface area (TPSA) is 33.5 Å². The van der Waals surface area contributed by atoms with E-state index in [0.29, 0.717) is 5.54 Å². The molecule has 1 aromatic carbocycles. The summed E-state index contributed by atoms with van der Waals surface area (Å²) in [5.41, 5.74) is 5.11. The second-order valence-electron chi connectivity index (χ2n) is 10.4. The summed E-state index contributed by atoms with van der Waals surface area (Å²) in [6.07, 6.45) is 10.9. The van der Waals surface area contributed by atoms with Crippen LogP contribution in [0.25, 0.3) is 0 Å². The first kappa shape index (κ1) is 17.7. The van der Waals surface area contributed by atoms with E-state index in [1.807, 2.05) is 0 Å². The molecule has 1 aromatic rings. The van der Waals surface area contributed by atoms with Gasteiger partial charge >= 0.3 is 0 Å². The molecule has 1 amide bonds. The van der Waals surface area contributed by atoms with E-state index in [-0.39, 0.29) is 11.9 Å². The van der Waals surface area contributed by atoms with E-state index < -0.39 is 0 Å². The van der Waals surface area contributed by atoms with Crippen LogP contribution in [0.4, 0.5) is 5.69 Å². The van der Waals surface area contributed by atoms with Crippen LogP contribution in [0.15, 0.2) is 12.1 Å². The number of aryl methyl sites for hydroxylation is 3. The third-order valence-electron chi connectivity index (χ3n) is 8.32. The van der Waals surface area contributed by atoms with Crippen LogP contribution in [-0.4, -0.2) is 24.0 Å². The Morgan fingerprint density at radius 2 is 1.56 bits per heavy atom. The number of rotatable bonds is 3. The van der Waals surface area contributed by atoms with Crippen molar-refractivity contribution < 1.29 is 9.69 Å². The number of likely N-dealkylation sites (tertiary alicyclic amines) is 1. The van der Waals surface area contributed by atoms with Crippen LogP contribution in [0.2, 0.25) is 0 Å². The number of benzene rings is 1. The summed E-state index contributed by atoms with van der Waals surface area (Å²) >= 11 is 0. The molecule has 0 aromatic heterocycles. The Bertz CT molecular complexity index is 709. The monoisotopic (exact) mass is 367 g/mol. The average Bonchev–Trinajstić information content (AvgIpc) is 3.07.